The van der Waals surface area contributed by atoms with Crippen LogP contribution in [0, 0.1) is 0 Å². The van der Waals surface area contributed by atoms with E-state index >= 15 is 0 Å². The van der Waals surface area contributed by atoms with Crippen molar-refractivity contribution in [2.75, 3.05) is 0 Å². The van der Waals surface area contributed by atoms with E-state index in [-0.39, 0.29) is 16.0 Å². The van der Waals surface area contributed by atoms with Crippen molar-refractivity contribution in [2.24, 2.45) is 0 Å². The van der Waals surface area contributed by atoms with E-state index in [9.17, 15) is 26.4 Å². The van der Waals surface area contributed by atoms with E-state index in [0.29, 0.717) is 10.5 Å². The van der Waals surface area contributed by atoms with Crippen molar-refractivity contribution in [1.29, 1.82) is 0 Å². The van der Waals surface area contributed by atoms with E-state index in [0.717, 1.165) is 18.2 Å². The third-order valence-electron chi connectivity index (χ3n) is 3.33. The summed E-state index contributed by atoms with van der Waals surface area (Å²) in [6.07, 6.45) is -4.76. The smallest absolute Gasteiger partial charge is 0.417 e. The Bertz CT molecular complexity index is 1140. The highest BCUT2D eigenvalue weighted by molar-refractivity contribution is 9.10. The number of rotatable bonds is 3. The minimum Gasteiger partial charge on any atom is -0.423 e. The zero-order valence-electron chi connectivity index (χ0n) is 12.6. The van der Waals surface area contributed by atoms with E-state index in [4.69, 9.17) is 8.60 Å². The third-order valence-corrected chi connectivity index (χ3v) is 5.12. The molecule has 1 heterocycles. The van der Waals surface area contributed by atoms with Gasteiger partial charge in [0.15, 0.2) is 0 Å². The number of halogens is 4. The Morgan fingerprint density at radius 3 is 2.27 bits per heavy atom. The molecule has 136 valence electrons. The van der Waals surface area contributed by atoms with Crippen LogP contribution in [0.4, 0.5) is 13.2 Å². The minimum atomic E-state index is -4.76. The van der Waals surface area contributed by atoms with Gasteiger partial charge in [-0.25, -0.2) is 4.79 Å². The van der Waals surface area contributed by atoms with Crippen molar-refractivity contribution in [3.63, 3.8) is 0 Å². The molecule has 0 aliphatic rings. The van der Waals surface area contributed by atoms with Gasteiger partial charge in [-0.3, -0.25) is 0 Å². The molecule has 0 unspecified atom stereocenters. The highest BCUT2D eigenvalue weighted by Crippen LogP contribution is 2.35. The summed E-state index contributed by atoms with van der Waals surface area (Å²) in [5, 5.41) is -0.384. The maximum atomic E-state index is 13.0. The zero-order chi connectivity index (χ0) is 19.1. The predicted octanol–water partition coefficient (Wildman–Crippen LogP) is 4.34. The molecule has 0 spiro atoms. The van der Waals surface area contributed by atoms with Crippen LogP contribution in [-0.2, 0) is 16.3 Å². The molecule has 0 fully saturated rings. The molecule has 5 nitrogen and oxygen atoms in total. The topological polar surface area (TPSA) is 73.6 Å². The zero-order valence-corrected chi connectivity index (χ0v) is 15.0. The first-order valence-corrected chi connectivity index (χ1v) is 9.11. The fraction of sp³-hybridized carbons (Fsp3) is 0.0625. The molecule has 0 bridgehead atoms. The molecule has 3 rings (SSSR count). The van der Waals surface area contributed by atoms with Crippen molar-refractivity contribution in [1.82, 2.24) is 0 Å². The summed E-state index contributed by atoms with van der Waals surface area (Å²) < 4.78 is 73.8. The van der Waals surface area contributed by atoms with E-state index in [2.05, 4.69) is 15.9 Å². The molecule has 0 N–H and O–H groups in total. The van der Waals surface area contributed by atoms with E-state index in [1.54, 1.807) is 0 Å². The van der Waals surface area contributed by atoms with Crippen molar-refractivity contribution < 1.29 is 30.2 Å². The van der Waals surface area contributed by atoms with Gasteiger partial charge in [-0.05, 0) is 36.4 Å². The van der Waals surface area contributed by atoms with E-state index < -0.39 is 33.1 Å². The maximum absolute atomic E-state index is 13.0. The van der Waals surface area contributed by atoms with Crippen LogP contribution >= 0.6 is 15.9 Å². The van der Waals surface area contributed by atoms with Gasteiger partial charge in [-0.1, -0.05) is 15.9 Å². The van der Waals surface area contributed by atoms with Crippen LogP contribution < -0.4 is 9.81 Å². The molecule has 0 saturated heterocycles. The molecule has 2 aromatic carbocycles. The third kappa shape index (κ3) is 3.75. The molecule has 0 saturated carbocycles. The highest BCUT2D eigenvalue weighted by Gasteiger charge is 2.34. The normalized spacial score (nSPS) is 12.3. The Morgan fingerprint density at radius 2 is 1.65 bits per heavy atom. The summed E-state index contributed by atoms with van der Waals surface area (Å²) in [7, 11) is -4.21. The number of hydrogen-bond acceptors (Lipinski definition) is 5. The van der Waals surface area contributed by atoms with Gasteiger partial charge in [0, 0.05) is 22.0 Å². The van der Waals surface area contributed by atoms with Gasteiger partial charge in [0.2, 0.25) is 0 Å². The summed E-state index contributed by atoms with van der Waals surface area (Å²) in [4.78, 5) is 11.2. The second kappa shape index (κ2) is 6.44. The molecule has 10 heteroatoms. The highest BCUT2D eigenvalue weighted by atomic mass is 79.9. The molecular weight excluding hydrogens is 441 g/mol. The van der Waals surface area contributed by atoms with Gasteiger partial charge >= 0.3 is 21.9 Å². The standard InChI is InChI=1S/C16H8BrF3O5S/c17-9-1-4-11(5-2-9)26(22,23)25-10-3-6-12-13(16(18,19)20)8-15(21)24-14(12)7-10/h1-8H. The predicted molar refractivity (Wildman–Crippen MR) is 89.4 cm³/mol. The molecule has 1 aromatic heterocycles. The molecular formula is C16H8BrF3O5S. The van der Waals surface area contributed by atoms with E-state index in [1.165, 1.54) is 24.3 Å². The average Bonchev–Trinajstić information content (AvgIpc) is 2.53. The Hall–Kier alpha value is -2.33. The molecule has 0 aliphatic heterocycles. The molecule has 0 radical (unpaired) electrons. The molecule has 0 atom stereocenters. The Morgan fingerprint density at radius 1 is 1.00 bits per heavy atom. The monoisotopic (exact) mass is 448 g/mol. The number of benzene rings is 2. The van der Waals surface area contributed by atoms with Gasteiger partial charge in [0.1, 0.15) is 16.2 Å². The maximum Gasteiger partial charge on any atom is 0.417 e. The van der Waals surface area contributed by atoms with Crippen LogP contribution in [0.2, 0.25) is 0 Å². The van der Waals surface area contributed by atoms with Crippen LogP contribution in [0.1, 0.15) is 5.56 Å². The first kappa shape index (κ1) is 18.5. The van der Waals surface area contributed by atoms with Crippen LogP contribution in [0.3, 0.4) is 0 Å². The van der Waals surface area contributed by atoms with Crippen molar-refractivity contribution >= 4 is 37.0 Å². The molecule has 0 aliphatic carbocycles. The quantitative estimate of drug-likeness (QED) is 0.440. The summed E-state index contributed by atoms with van der Waals surface area (Å²) in [5.74, 6) is -0.289. The first-order valence-electron chi connectivity index (χ1n) is 6.91. The lowest BCUT2D eigenvalue weighted by molar-refractivity contribution is -0.136. The van der Waals surface area contributed by atoms with Gasteiger partial charge in [0.25, 0.3) is 0 Å². The lowest BCUT2D eigenvalue weighted by atomic mass is 10.1. The lowest BCUT2D eigenvalue weighted by Crippen LogP contribution is -2.12. The van der Waals surface area contributed by atoms with Gasteiger partial charge in [-0.2, -0.15) is 21.6 Å². The first-order chi connectivity index (χ1) is 12.1. The van der Waals surface area contributed by atoms with Crippen molar-refractivity contribution in [3.8, 4) is 5.75 Å². The lowest BCUT2D eigenvalue weighted by Gasteiger charge is -2.11. The average molecular weight is 449 g/mol. The SMILES string of the molecule is O=c1cc(C(F)(F)F)c2ccc(OS(=O)(=O)c3ccc(Br)cc3)cc2o1. The summed E-state index contributed by atoms with van der Waals surface area (Å²) in [5.41, 5.74) is -2.82. The van der Waals surface area contributed by atoms with Crippen LogP contribution in [-0.4, -0.2) is 8.42 Å². The van der Waals surface area contributed by atoms with Crippen molar-refractivity contribution in [2.45, 2.75) is 11.1 Å². The molecule has 26 heavy (non-hydrogen) atoms. The second-order valence-electron chi connectivity index (χ2n) is 5.13. The van der Waals surface area contributed by atoms with Gasteiger partial charge in [-0.15, -0.1) is 0 Å². The summed E-state index contributed by atoms with van der Waals surface area (Å²) in [6.45, 7) is 0. The fourth-order valence-electron chi connectivity index (χ4n) is 2.21. The second-order valence-corrected chi connectivity index (χ2v) is 7.59. The largest absolute Gasteiger partial charge is 0.423 e. The summed E-state index contributed by atoms with van der Waals surface area (Å²) >= 11 is 3.17. The molecule has 3 aromatic rings. The van der Waals surface area contributed by atoms with Crippen LogP contribution in [0.15, 0.2) is 67.1 Å². The minimum absolute atomic E-state index is 0.147. The summed E-state index contributed by atoms with van der Waals surface area (Å²) in [6, 6.07) is 8.85. The Labute approximate surface area is 153 Å². The Kier molecular flexibility index (Phi) is 4.57. The van der Waals surface area contributed by atoms with Crippen LogP contribution in [0.25, 0.3) is 11.0 Å². The van der Waals surface area contributed by atoms with Crippen molar-refractivity contribution in [3.05, 3.63) is 69.0 Å². The van der Waals surface area contributed by atoms with Gasteiger partial charge < -0.3 is 8.60 Å². The molecule has 0 amide bonds. The number of alkyl halides is 3. The Balaban J connectivity index is 2.05. The van der Waals surface area contributed by atoms with E-state index in [1.807, 2.05) is 0 Å². The number of fused-ring (bicyclic) bond motifs is 1. The van der Waals surface area contributed by atoms with Gasteiger partial charge in [0.05, 0.1) is 5.56 Å². The van der Waals surface area contributed by atoms with Crippen LogP contribution in [0.5, 0.6) is 5.75 Å². The fourth-order valence-corrected chi connectivity index (χ4v) is 3.39. The number of hydrogen-bond donors (Lipinski definition) is 0.